The standard InChI is InChI=1S/C4H8N2O3.CH2N2/c5-3(7)1-2-4(8)6-9;2-1-3/h9H,1-2H2,(H2,5,7)(H,6,8);2-3H. The predicted molar refractivity (Wildman–Crippen MR) is 38.8 cm³/mol. The van der Waals surface area contributed by atoms with E-state index in [2.05, 4.69) is 0 Å². The third-order valence-corrected chi connectivity index (χ3v) is 0.723. The molecule has 7 heteroatoms. The molecule has 68 valence electrons. The Morgan fingerprint density at radius 1 is 1.42 bits per heavy atom. The Bertz CT molecular complexity index is 185. The summed E-state index contributed by atoms with van der Waals surface area (Å²) in [5.74, 6) is -1.16. The molecule has 0 aliphatic heterocycles. The van der Waals surface area contributed by atoms with Crippen LogP contribution in [0.4, 0.5) is 0 Å². The third-order valence-electron chi connectivity index (χ3n) is 0.723. The minimum Gasteiger partial charge on any atom is -0.370 e. The molecular weight excluding hydrogens is 164 g/mol. The summed E-state index contributed by atoms with van der Waals surface area (Å²) in [6, 6.07) is 1.25. The summed E-state index contributed by atoms with van der Waals surface area (Å²) >= 11 is 0. The van der Waals surface area contributed by atoms with Crippen molar-refractivity contribution in [3.63, 3.8) is 0 Å². The molecule has 0 saturated heterocycles. The average molecular weight is 174 g/mol. The van der Waals surface area contributed by atoms with E-state index in [1.807, 2.05) is 0 Å². The number of hydrogen-bond acceptors (Lipinski definition) is 5. The first-order valence-electron chi connectivity index (χ1n) is 2.88. The van der Waals surface area contributed by atoms with Crippen LogP contribution in [0, 0.1) is 10.8 Å². The zero-order valence-electron chi connectivity index (χ0n) is 6.26. The van der Waals surface area contributed by atoms with Gasteiger partial charge in [0.2, 0.25) is 11.8 Å². The van der Waals surface area contributed by atoms with E-state index in [0.717, 1.165) is 0 Å². The van der Waals surface area contributed by atoms with Gasteiger partial charge in [0.15, 0.2) is 0 Å². The second kappa shape index (κ2) is 9.28. The highest BCUT2D eigenvalue weighted by Crippen LogP contribution is 1.84. The van der Waals surface area contributed by atoms with Gasteiger partial charge in [0, 0.05) is 12.8 Å². The van der Waals surface area contributed by atoms with Crippen LogP contribution >= 0.6 is 0 Å². The van der Waals surface area contributed by atoms with E-state index >= 15 is 0 Å². The van der Waals surface area contributed by atoms with Crippen molar-refractivity contribution in [3.8, 4) is 0 Å². The summed E-state index contributed by atoms with van der Waals surface area (Å²) in [5.41, 5.74) is 6.07. The molecule has 6 N–H and O–H groups in total. The topological polar surface area (TPSA) is 140 Å². The number of nitrogens with one attached hydrogen (secondary N) is 3. The summed E-state index contributed by atoms with van der Waals surface area (Å²) in [6.45, 7) is 0. The predicted octanol–water partition coefficient (Wildman–Crippen LogP) is -0.925. The molecule has 0 fully saturated rings. The highest BCUT2D eigenvalue weighted by atomic mass is 16.5. The zero-order valence-corrected chi connectivity index (χ0v) is 6.26. The van der Waals surface area contributed by atoms with Crippen molar-refractivity contribution in [3.05, 3.63) is 0 Å². The number of primary amides is 1. The zero-order chi connectivity index (χ0) is 9.98. The molecule has 0 aromatic carbocycles. The molecule has 7 nitrogen and oxygen atoms in total. The number of nitrogens with two attached hydrogens (primary N) is 1. The van der Waals surface area contributed by atoms with Gasteiger partial charge in [-0.3, -0.25) is 14.8 Å². The molecule has 0 rings (SSSR count). The fraction of sp³-hybridized carbons (Fsp3) is 0.400. The fourth-order valence-electron chi connectivity index (χ4n) is 0.293. The highest BCUT2D eigenvalue weighted by Gasteiger charge is 2.00. The SMILES string of the molecule is N=C=N.NC(=O)CCC(=O)NO. The van der Waals surface area contributed by atoms with Crippen LogP contribution in [-0.4, -0.2) is 23.0 Å². The molecule has 0 saturated carbocycles. The number of carbonyl (C=O) groups is 2. The second-order valence-corrected chi connectivity index (χ2v) is 1.63. The van der Waals surface area contributed by atoms with Crippen molar-refractivity contribution in [2.24, 2.45) is 5.73 Å². The number of hydrogen-bond donors (Lipinski definition) is 5. The summed E-state index contributed by atoms with van der Waals surface area (Å²) in [7, 11) is 0. The van der Waals surface area contributed by atoms with Crippen molar-refractivity contribution in [2.45, 2.75) is 12.8 Å². The van der Waals surface area contributed by atoms with Crippen LogP contribution in [0.1, 0.15) is 12.8 Å². The number of rotatable bonds is 3. The van der Waals surface area contributed by atoms with Crippen LogP contribution in [0.2, 0.25) is 0 Å². The van der Waals surface area contributed by atoms with E-state index in [0.29, 0.717) is 0 Å². The molecule has 0 bridgehead atoms. The number of carbonyl (C=O) groups excluding carboxylic acids is 2. The normalized spacial score (nSPS) is 7.08. The lowest BCUT2D eigenvalue weighted by atomic mass is 10.3. The van der Waals surface area contributed by atoms with Gasteiger partial charge in [0.1, 0.15) is 0 Å². The lowest BCUT2D eigenvalue weighted by Crippen LogP contribution is -2.21. The highest BCUT2D eigenvalue weighted by molar-refractivity contribution is 5.82. The van der Waals surface area contributed by atoms with Gasteiger partial charge in [0.25, 0.3) is 0 Å². The van der Waals surface area contributed by atoms with Crippen LogP contribution in [0.15, 0.2) is 0 Å². The van der Waals surface area contributed by atoms with Gasteiger partial charge in [-0.1, -0.05) is 0 Å². The van der Waals surface area contributed by atoms with Gasteiger partial charge in [0.05, 0.1) is 6.01 Å². The van der Waals surface area contributed by atoms with Crippen LogP contribution in [0.5, 0.6) is 0 Å². The maximum atomic E-state index is 10.1. The number of amides is 2. The molecule has 0 radical (unpaired) electrons. The van der Waals surface area contributed by atoms with Crippen LogP contribution in [0.3, 0.4) is 0 Å². The molecule has 0 spiro atoms. The fourth-order valence-corrected chi connectivity index (χ4v) is 0.293. The molecule has 0 aromatic heterocycles. The van der Waals surface area contributed by atoms with Crippen LogP contribution < -0.4 is 11.2 Å². The molecule has 2 amide bonds. The second-order valence-electron chi connectivity index (χ2n) is 1.63. The van der Waals surface area contributed by atoms with Gasteiger partial charge in [-0.15, -0.1) is 0 Å². The van der Waals surface area contributed by atoms with E-state index in [9.17, 15) is 9.59 Å². The third kappa shape index (κ3) is 15.7. The molecule has 12 heavy (non-hydrogen) atoms. The Hall–Kier alpha value is -1.72. The molecular formula is C5H10N4O3. The van der Waals surface area contributed by atoms with E-state index in [-0.39, 0.29) is 12.8 Å². The average Bonchev–Trinajstić information content (AvgIpc) is 2.01. The summed E-state index contributed by atoms with van der Waals surface area (Å²) in [6.07, 6.45) is -0.0990. The van der Waals surface area contributed by atoms with E-state index < -0.39 is 11.8 Å². The van der Waals surface area contributed by atoms with Gasteiger partial charge >= 0.3 is 0 Å². The van der Waals surface area contributed by atoms with Crippen molar-refractivity contribution >= 4 is 17.8 Å². The van der Waals surface area contributed by atoms with Crippen molar-refractivity contribution in [1.82, 2.24) is 5.48 Å². The van der Waals surface area contributed by atoms with Crippen LogP contribution in [0.25, 0.3) is 0 Å². The largest absolute Gasteiger partial charge is 0.370 e. The van der Waals surface area contributed by atoms with Crippen molar-refractivity contribution in [1.29, 1.82) is 10.8 Å². The van der Waals surface area contributed by atoms with Crippen LogP contribution in [-0.2, 0) is 9.59 Å². The number of hydroxylamine groups is 1. The Kier molecular flexibility index (Phi) is 9.99. The molecule has 0 aromatic rings. The van der Waals surface area contributed by atoms with Gasteiger partial charge < -0.3 is 5.73 Å². The quantitative estimate of drug-likeness (QED) is 0.214. The maximum absolute atomic E-state index is 10.1. The first-order chi connectivity index (χ1) is 5.58. The Labute approximate surface area is 68.5 Å². The summed E-state index contributed by atoms with van der Waals surface area (Å²) < 4.78 is 0. The van der Waals surface area contributed by atoms with Gasteiger partial charge in [-0.2, -0.15) is 0 Å². The summed E-state index contributed by atoms with van der Waals surface area (Å²) in [4.78, 5) is 20.1. The smallest absolute Gasteiger partial charge is 0.243 e. The first-order valence-corrected chi connectivity index (χ1v) is 2.88. The molecule has 0 aliphatic carbocycles. The van der Waals surface area contributed by atoms with Gasteiger partial charge in [-0.25, -0.2) is 16.3 Å². The van der Waals surface area contributed by atoms with Gasteiger partial charge in [-0.05, 0) is 0 Å². The molecule has 0 heterocycles. The molecule has 0 atom stereocenters. The Morgan fingerprint density at radius 3 is 2.08 bits per heavy atom. The van der Waals surface area contributed by atoms with E-state index in [4.69, 9.17) is 21.8 Å². The Morgan fingerprint density at radius 2 is 1.83 bits per heavy atom. The first kappa shape index (κ1) is 12.9. The van der Waals surface area contributed by atoms with Crippen molar-refractivity contribution in [2.75, 3.05) is 0 Å². The lowest BCUT2D eigenvalue weighted by molar-refractivity contribution is -0.131. The minimum absolute atomic E-state index is 0.0353. The van der Waals surface area contributed by atoms with Crippen molar-refractivity contribution < 1.29 is 14.8 Å². The minimum atomic E-state index is -0.603. The Balaban J connectivity index is 0. The monoisotopic (exact) mass is 174 g/mol. The summed E-state index contributed by atoms with van der Waals surface area (Å²) in [5, 5.41) is 19.1. The molecule has 0 aliphatic rings. The van der Waals surface area contributed by atoms with E-state index in [1.165, 1.54) is 11.5 Å². The maximum Gasteiger partial charge on any atom is 0.243 e. The van der Waals surface area contributed by atoms with E-state index in [1.54, 1.807) is 0 Å². The lowest BCUT2D eigenvalue weighted by Gasteiger charge is -1.92. The molecule has 0 unspecified atom stereocenters.